The summed E-state index contributed by atoms with van der Waals surface area (Å²) in [6.07, 6.45) is 4.67. The van der Waals surface area contributed by atoms with E-state index >= 15 is 0 Å². The lowest BCUT2D eigenvalue weighted by atomic mass is 10.0. The fourth-order valence-corrected chi connectivity index (χ4v) is 2.74. The second-order valence-corrected chi connectivity index (χ2v) is 6.10. The Morgan fingerprint density at radius 3 is 2.68 bits per heavy atom. The van der Waals surface area contributed by atoms with Crippen molar-refractivity contribution in [1.29, 1.82) is 0 Å². The van der Waals surface area contributed by atoms with Crippen molar-refractivity contribution >= 4 is 18.4 Å². The van der Waals surface area contributed by atoms with Crippen LogP contribution in [0.2, 0.25) is 0 Å². The third-order valence-corrected chi connectivity index (χ3v) is 4.26. The first-order valence-electron chi connectivity index (χ1n) is 8.67. The summed E-state index contributed by atoms with van der Waals surface area (Å²) in [5.41, 5.74) is 0.908. The van der Waals surface area contributed by atoms with E-state index in [0.717, 1.165) is 30.7 Å². The van der Waals surface area contributed by atoms with Crippen molar-refractivity contribution in [3.63, 3.8) is 0 Å². The van der Waals surface area contributed by atoms with Crippen LogP contribution in [-0.2, 0) is 0 Å². The number of nitrogens with zero attached hydrogens (tertiary/aromatic N) is 3. The number of aromatic amines is 1. The molecule has 0 aliphatic carbocycles. The lowest BCUT2D eigenvalue weighted by Gasteiger charge is -2.11. The van der Waals surface area contributed by atoms with Crippen LogP contribution >= 0.6 is 12.2 Å². The number of nitrogens with one attached hydrogen (secondary N) is 1. The summed E-state index contributed by atoms with van der Waals surface area (Å²) in [5.74, 6) is 2.61. The summed E-state index contributed by atoms with van der Waals surface area (Å²) >= 11 is 5.31. The summed E-state index contributed by atoms with van der Waals surface area (Å²) in [5, 5.41) is 11.7. The van der Waals surface area contributed by atoms with Crippen LogP contribution in [0.3, 0.4) is 0 Å². The molecule has 2 rings (SSSR count). The van der Waals surface area contributed by atoms with E-state index < -0.39 is 0 Å². The van der Waals surface area contributed by atoms with Gasteiger partial charge in [-0.15, -0.1) is 0 Å². The molecule has 0 atom stereocenters. The minimum absolute atomic E-state index is 0.324. The first-order valence-corrected chi connectivity index (χ1v) is 9.07. The van der Waals surface area contributed by atoms with Crippen LogP contribution in [0.25, 0.3) is 0 Å². The molecule has 136 valence electrons. The molecule has 0 unspecified atom stereocenters. The largest absolute Gasteiger partial charge is 0.493 e. The van der Waals surface area contributed by atoms with E-state index in [9.17, 15) is 0 Å². The molecule has 0 amide bonds. The average molecular weight is 362 g/mol. The van der Waals surface area contributed by atoms with E-state index in [2.05, 4.69) is 36.1 Å². The van der Waals surface area contributed by atoms with Crippen molar-refractivity contribution in [1.82, 2.24) is 14.9 Å². The Labute approximate surface area is 153 Å². The van der Waals surface area contributed by atoms with Gasteiger partial charge in [0.25, 0.3) is 0 Å². The van der Waals surface area contributed by atoms with Gasteiger partial charge < -0.3 is 9.47 Å². The van der Waals surface area contributed by atoms with E-state index in [1.54, 1.807) is 18.0 Å². The molecule has 1 heterocycles. The fraction of sp³-hybridized carbons (Fsp3) is 0.500. The van der Waals surface area contributed by atoms with E-state index in [0.29, 0.717) is 28.8 Å². The summed E-state index contributed by atoms with van der Waals surface area (Å²) in [6.45, 7) is 6.99. The highest BCUT2D eigenvalue weighted by atomic mass is 32.1. The Morgan fingerprint density at radius 1 is 1.28 bits per heavy atom. The predicted octanol–water partition coefficient (Wildman–Crippen LogP) is 4.52. The smallest absolute Gasteiger partial charge is 0.216 e. The van der Waals surface area contributed by atoms with Crippen molar-refractivity contribution in [2.75, 3.05) is 13.7 Å². The van der Waals surface area contributed by atoms with Crippen LogP contribution in [0, 0.1) is 4.77 Å². The SMILES string of the molecule is CCCOc1cc(/C=N\n2c(C(CC)CC)n[nH]c2=S)ccc1OC. The molecule has 0 fully saturated rings. The van der Waals surface area contributed by atoms with Gasteiger partial charge in [0.15, 0.2) is 17.3 Å². The van der Waals surface area contributed by atoms with Crippen molar-refractivity contribution in [3.8, 4) is 11.5 Å². The highest BCUT2D eigenvalue weighted by molar-refractivity contribution is 7.71. The van der Waals surface area contributed by atoms with Crippen molar-refractivity contribution in [2.24, 2.45) is 5.10 Å². The predicted molar refractivity (Wildman–Crippen MR) is 103 cm³/mol. The number of hydrogen-bond donors (Lipinski definition) is 1. The van der Waals surface area contributed by atoms with Gasteiger partial charge in [-0.1, -0.05) is 20.8 Å². The number of rotatable bonds is 9. The zero-order valence-electron chi connectivity index (χ0n) is 15.3. The molecule has 0 aliphatic rings. The Hall–Kier alpha value is -2.15. The van der Waals surface area contributed by atoms with E-state index in [-0.39, 0.29) is 0 Å². The first kappa shape index (κ1) is 19.2. The zero-order valence-corrected chi connectivity index (χ0v) is 16.1. The Morgan fingerprint density at radius 2 is 2.04 bits per heavy atom. The van der Waals surface area contributed by atoms with Crippen LogP contribution in [0.15, 0.2) is 23.3 Å². The summed E-state index contributed by atoms with van der Waals surface area (Å²) in [6, 6.07) is 5.73. The number of H-pyrrole nitrogens is 1. The number of benzene rings is 1. The van der Waals surface area contributed by atoms with Gasteiger partial charge in [0.2, 0.25) is 4.77 Å². The number of aromatic nitrogens is 3. The quantitative estimate of drug-likeness (QED) is 0.526. The normalized spacial score (nSPS) is 11.4. The van der Waals surface area contributed by atoms with Gasteiger partial charge in [0, 0.05) is 5.92 Å². The first-order chi connectivity index (χ1) is 12.1. The topological polar surface area (TPSA) is 64.4 Å². The van der Waals surface area contributed by atoms with Gasteiger partial charge >= 0.3 is 0 Å². The molecule has 0 aliphatic heterocycles. The Kier molecular flexibility index (Phi) is 7.18. The average Bonchev–Trinajstić information content (AvgIpc) is 3.00. The van der Waals surface area contributed by atoms with E-state index in [1.165, 1.54) is 0 Å². The standard InChI is InChI=1S/C18H26N4O2S/c1-5-10-24-16-11-13(8-9-15(16)23-4)12-19-22-17(14(6-2)7-3)20-21-18(22)25/h8-9,11-12,14H,5-7,10H2,1-4H3,(H,21,25)/b19-12-. The number of methoxy groups -OCH3 is 1. The van der Waals surface area contributed by atoms with Gasteiger partial charge in [0.1, 0.15) is 0 Å². The van der Waals surface area contributed by atoms with Gasteiger partial charge in [-0.2, -0.15) is 14.9 Å². The summed E-state index contributed by atoms with van der Waals surface area (Å²) < 4.78 is 13.3. The second-order valence-electron chi connectivity index (χ2n) is 5.72. The molecule has 2 aromatic rings. The lowest BCUT2D eigenvalue weighted by molar-refractivity contribution is 0.294. The summed E-state index contributed by atoms with van der Waals surface area (Å²) in [4.78, 5) is 0. The minimum atomic E-state index is 0.324. The molecule has 1 N–H and O–H groups in total. The maximum atomic E-state index is 5.74. The van der Waals surface area contributed by atoms with Gasteiger partial charge in [-0.25, -0.2) is 0 Å². The van der Waals surface area contributed by atoms with Crippen LogP contribution in [0.1, 0.15) is 57.3 Å². The minimum Gasteiger partial charge on any atom is -0.493 e. The van der Waals surface area contributed by atoms with Crippen molar-refractivity contribution in [2.45, 2.75) is 46.0 Å². The molecule has 0 radical (unpaired) electrons. The Balaban J connectivity index is 2.30. The van der Waals surface area contributed by atoms with Crippen LogP contribution in [0.5, 0.6) is 11.5 Å². The molecule has 0 spiro atoms. The highest BCUT2D eigenvalue weighted by Crippen LogP contribution is 2.28. The third kappa shape index (κ3) is 4.69. The van der Waals surface area contributed by atoms with Crippen LogP contribution < -0.4 is 9.47 Å². The maximum Gasteiger partial charge on any atom is 0.216 e. The highest BCUT2D eigenvalue weighted by Gasteiger charge is 2.15. The number of ether oxygens (including phenoxy) is 2. The van der Waals surface area contributed by atoms with Crippen LogP contribution in [0.4, 0.5) is 0 Å². The molecule has 25 heavy (non-hydrogen) atoms. The van der Waals surface area contributed by atoms with Crippen molar-refractivity contribution in [3.05, 3.63) is 34.4 Å². The third-order valence-electron chi connectivity index (χ3n) is 4.00. The molecule has 0 saturated heterocycles. The van der Waals surface area contributed by atoms with Crippen LogP contribution in [-0.4, -0.2) is 34.8 Å². The molecule has 7 heteroatoms. The molecular weight excluding hydrogens is 336 g/mol. The zero-order chi connectivity index (χ0) is 18.2. The Bertz CT molecular complexity index is 763. The summed E-state index contributed by atoms with van der Waals surface area (Å²) in [7, 11) is 1.63. The molecule has 0 saturated carbocycles. The van der Waals surface area contributed by atoms with Gasteiger partial charge in [0.05, 0.1) is 19.9 Å². The molecule has 1 aromatic heterocycles. The maximum absolute atomic E-state index is 5.74. The van der Waals surface area contributed by atoms with E-state index in [4.69, 9.17) is 21.7 Å². The molecule has 0 bridgehead atoms. The van der Waals surface area contributed by atoms with Gasteiger partial charge in [-0.05, 0) is 55.2 Å². The second kappa shape index (κ2) is 9.36. The van der Waals surface area contributed by atoms with Gasteiger partial charge in [-0.3, -0.25) is 5.10 Å². The monoisotopic (exact) mass is 362 g/mol. The molecule has 6 nitrogen and oxygen atoms in total. The van der Waals surface area contributed by atoms with Crippen molar-refractivity contribution < 1.29 is 9.47 Å². The van der Waals surface area contributed by atoms with E-state index in [1.807, 2.05) is 18.2 Å². The lowest BCUT2D eigenvalue weighted by Crippen LogP contribution is -2.05. The fourth-order valence-electron chi connectivity index (χ4n) is 2.56. The number of hydrogen-bond acceptors (Lipinski definition) is 5. The molecule has 1 aromatic carbocycles. The molecular formula is C18H26N4O2S.